The van der Waals surface area contributed by atoms with E-state index < -0.39 is 0 Å². The Morgan fingerprint density at radius 3 is 2.88 bits per heavy atom. The molecule has 1 spiro atoms. The van der Waals surface area contributed by atoms with Crippen LogP contribution in [0.2, 0.25) is 0 Å². The van der Waals surface area contributed by atoms with Gasteiger partial charge in [-0.05, 0) is 68.3 Å². The van der Waals surface area contributed by atoms with Gasteiger partial charge in [-0.3, -0.25) is 4.79 Å². The van der Waals surface area contributed by atoms with Crippen molar-refractivity contribution in [3.63, 3.8) is 0 Å². The summed E-state index contributed by atoms with van der Waals surface area (Å²) in [6, 6.07) is 8.37. The van der Waals surface area contributed by atoms with Crippen LogP contribution in [0.25, 0.3) is 0 Å². The Labute approximate surface area is 154 Å². The number of anilines is 1. The van der Waals surface area contributed by atoms with Crippen LogP contribution >= 0.6 is 11.8 Å². The van der Waals surface area contributed by atoms with Crippen LogP contribution in [-0.2, 0) is 15.3 Å². The molecule has 0 bridgehead atoms. The Hall–Kier alpha value is -1.04. The Balaban J connectivity index is 1.30. The highest BCUT2D eigenvalue weighted by Crippen LogP contribution is 2.58. The van der Waals surface area contributed by atoms with Crippen LogP contribution in [0.1, 0.15) is 37.7 Å². The van der Waals surface area contributed by atoms with E-state index in [0.29, 0.717) is 10.7 Å². The van der Waals surface area contributed by atoms with Gasteiger partial charge in [0.1, 0.15) is 0 Å². The zero-order valence-electron chi connectivity index (χ0n) is 14.8. The second-order valence-corrected chi connectivity index (χ2v) is 8.97. The van der Waals surface area contributed by atoms with E-state index in [9.17, 15) is 4.79 Å². The zero-order valence-corrected chi connectivity index (χ0v) is 15.6. The van der Waals surface area contributed by atoms with Crippen molar-refractivity contribution in [2.24, 2.45) is 11.3 Å². The summed E-state index contributed by atoms with van der Waals surface area (Å²) in [5.41, 5.74) is 2.54. The molecule has 4 nitrogen and oxygen atoms in total. The predicted molar refractivity (Wildman–Crippen MR) is 103 cm³/mol. The fourth-order valence-corrected chi connectivity index (χ4v) is 5.35. The number of benzene rings is 1. The van der Waals surface area contributed by atoms with Crippen LogP contribution in [0.5, 0.6) is 0 Å². The van der Waals surface area contributed by atoms with E-state index in [2.05, 4.69) is 28.8 Å². The van der Waals surface area contributed by atoms with Crippen molar-refractivity contribution >= 4 is 23.4 Å². The molecule has 2 saturated heterocycles. The minimum Gasteiger partial charge on any atom is -0.381 e. The fourth-order valence-electron chi connectivity index (χ4n) is 4.22. The fraction of sp³-hybridized carbons (Fsp3) is 0.650. The number of piperidine rings is 1. The summed E-state index contributed by atoms with van der Waals surface area (Å²) in [6.07, 6.45) is 5.67. The van der Waals surface area contributed by atoms with Gasteiger partial charge < -0.3 is 15.4 Å². The Kier molecular flexibility index (Phi) is 5.34. The molecule has 1 aromatic carbocycles. The maximum Gasteiger partial charge on any atom is 0.228 e. The van der Waals surface area contributed by atoms with Crippen molar-refractivity contribution in [2.45, 2.75) is 43.1 Å². The molecule has 0 radical (unpaired) electrons. The number of thioether (sulfide) groups is 1. The first-order valence-corrected chi connectivity index (χ1v) is 10.6. The van der Waals surface area contributed by atoms with Crippen molar-refractivity contribution in [3.8, 4) is 0 Å². The van der Waals surface area contributed by atoms with Crippen LogP contribution in [0.15, 0.2) is 24.3 Å². The van der Waals surface area contributed by atoms with Crippen LogP contribution in [0, 0.1) is 11.3 Å². The van der Waals surface area contributed by atoms with Crippen molar-refractivity contribution in [3.05, 3.63) is 29.8 Å². The molecule has 1 amide bonds. The van der Waals surface area contributed by atoms with Crippen LogP contribution < -0.4 is 10.6 Å². The minimum absolute atomic E-state index is 0.217. The van der Waals surface area contributed by atoms with E-state index in [-0.39, 0.29) is 11.8 Å². The molecule has 1 aliphatic carbocycles. The number of carbonyl (C=O) groups is 1. The average Bonchev–Trinajstić information content (AvgIpc) is 3.35. The summed E-state index contributed by atoms with van der Waals surface area (Å²) >= 11 is 2.01. The lowest BCUT2D eigenvalue weighted by Crippen LogP contribution is -2.31. The summed E-state index contributed by atoms with van der Waals surface area (Å²) in [6.45, 7) is 3.91. The lowest BCUT2D eigenvalue weighted by molar-refractivity contribution is -0.118. The Bertz CT molecular complexity index is 609. The first kappa shape index (κ1) is 17.4. The highest BCUT2D eigenvalue weighted by molar-refractivity contribution is 7.99. The van der Waals surface area contributed by atoms with E-state index in [0.717, 1.165) is 69.8 Å². The second kappa shape index (κ2) is 7.68. The quantitative estimate of drug-likeness (QED) is 0.845. The third-order valence-corrected chi connectivity index (χ3v) is 7.40. The standard InChI is InChI=1S/C20H28N2O2S/c23-19(18-13-20(18)6-8-21-9-7-20)22-16-3-1-2-15(12-16)14-25-17-4-10-24-11-5-17/h1-3,12,17-18,21H,4-11,13-14H2,(H,22,23). The van der Waals surface area contributed by atoms with Gasteiger partial charge in [0, 0.05) is 35.8 Å². The molecule has 1 saturated carbocycles. The average molecular weight is 361 g/mol. The molecule has 1 unspecified atom stereocenters. The number of ether oxygens (including phenoxy) is 1. The largest absolute Gasteiger partial charge is 0.381 e. The summed E-state index contributed by atoms with van der Waals surface area (Å²) in [7, 11) is 0. The van der Waals surface area contributed by atoms with Gasteiger partial charge in [-0.15, -0.1) is 0 Å². The third-order valence-electron chi connectivity index (χ3n) is 5.95. The number of hydrogen-bond donors (Lipinski definition) is 2. The maximum atomic E-state index is 12.6. The van der Waals surface area contributed by atoms with Gasteiger partial charge in [0.25, 0.3) is 0 Å². The van der Waals surface area contributed by atoms with Crippen molar-refractivity contribution < 1.29 is 9.53 Å². The van der Waals surface area contributed by atoms with E-state index in [1.165, 1.54) is 5.56 Å². The highest BCUT2D eigenvalue weighted by atomic mass is 32.2. The molecule has 2 aliphatic heterocycles. The summed E-state index contributed by atoms with van der Waals surface area (Å²) in [5.74, 6) is 1.44. The van der Waals surface area contributed by atoms with E-state index in [1.807, 2.05) is 17.8 Å². The Morgan fingerprint density at radius 1 is 1.28 bits per heavy atom. The van der Waals surface area contributed by atoms with E-state index in [4.69, 9.17) is 4.74 Å². The first-order chi connectivity index (χ1) is 12.3. The molecule has 0 aromatic heterocycles. The van der Waals surface area contributed by atoms with Crippen LogP contribution in [0.4, 0.5) is 5.69 Å². The van der Waals surface area contributed by atoms with Gasteiger partial charge in [-0.2, -0.15) is 11.8 Å². The van der Waals surface area contributed by atoms with Crippen LogP contribution in [-0.4, -0.2) is 37.5 Å². The normalized spacial score (nSPS) is 25.7. The molecule has 3 aliphatic rings. The molecule has 5 heteroatoms. The van der Waals surface area contributed by atoms with E-state index >= 15 is 0 Å². The smallest absolute Gasteiger partial charge is 0.228 e. The molecule has 3 fully saturated rings. The maximum absolute atomic E-state index is 12.6. The van der Waals surface area contributed by atoms with Gasteiger partial charge >= 0.3 is 0 Å². The molecule has 1 atom stereocenters. The number of amides is 1. The van der Waals surface area contributed by atoms with Gasteiger partial charge in [-0.25, -0.2) is 0 Å². The van der Waals surface area contributed by atoms with Crippen molar-refractivity contribution in [1.82, 2.24) is 5.32 Å². The first-order valence-electron chi connectivity index (χ1n) is 9.55. The predicted octanol–water partition coefficient (Wildman–Crippen LogP) is 3.43. The van der Waals surface area contributed by atoms with Gasteiger partial charge in [0.15, 0.2) is 0 Å². The molecular formula is C20H28N2O2S. The number of carbonyl (C=O) groups excluding carboxylic acids is 1. The zero-order chi connectivity index (χ0) is 17.1. The molecule has 136 valence electrons. The van der Waals surface area contributed by atoms with Crippen molar-refractivity contribution in [2.75, 3.05) is 31.6 Å². The topological polar surface area (TPSA) is 50.4 Å². The SMILES string of the molecule is O=C(Nc1cccc(CSC2CCOCC2)c1)C1CC12CCNCC2. The molecular weight excluding hydrogens is 332 g/mol. The number of hydrogen-bond acceptors (Lipinski definition) is 4. The molecule has 2 heterocycles. The molecule has 25 heavy (non-hydrogen) atoms. The van der Waals surface area contributed by atoms with Crippen LogP contribution in [0.3, 0.4) is 0 Å². The summed E-state index contributed by atoms with van der Waals surface area (Å²) in [4.78, 5) is 12.6. The number of rotatable bonds is 5. The molecule has 4 rings (SSSR count). The van der Waals surface area contributed by atoms with Gasteiger partial charge in [0.2, 0.25) is 5.91 Å². The van der Waals surface area contributed by atoms with Gasteiger partial charge in [-0.1, -0.05) is 12.1 Å². The number of nitrogens with one attached hydrogen (secondary N) is 2. The molecule has 1 aromatic rings. The summed E-state index contributed by atoms with van der Waals surface area (Å²) < 4.78 is 5.43. The van der Waals surface area contributed by atoms with Gasteiger partial charge in [0.05, 0.1) is 0 Å². The monoisotopic (exact) mass is 360 g/mol. The van der Waals surface area contributed by atoms with E-state index in [1.54, 1.807) is 0 Å². The second-order valence-electron chi connectivity index (χ2n) is 7.68. The Morgan fingerprint density at radius 2 is 2.08 bits per heavy atom. The lowest BCUT2D eigenvalue weighted by atomic mass is 9.92. The van der Waals surface area contributed by atoms with Crippen molar-refractivity contribution in [1.29, 1.82) is 0 Å². The summed E-state index contributed by atoms with van der Waals surface area (Å²) in [5, 5.41) is 7.27. The third kappa shape index (κ3) is 4.21. The minimum atomic E-state index is 0.217. The lowest BCUT2D eigenvalue weighted by Gasteiger charge is -2.23. The molecule has 2 N–H and O–H groups in total. The highest BCUT2D eigenvalue weighted by Gasteiger charge is 2.57.